The molecule has 2 aliphatic heterocycles. The number of benzene rings is 1. The molecule has 2 atom stereocenters. The van der Waals surface area contributed by atoms with E-state index in [9.17, 15) is 4.79 Å². The van der Waals surface area contributed by atoms with Gasteiger partial charge in [-0.25, -0.2) is 0 Å². The van der Waals surface area contributed by atoms with Gasteiger partial charge in [-0.2, -0.15) is 0 Å². The molecule has 3 rings (SSSR count). The third-order valence-electron chi connectivity index (χ3n) is 4.33. The Bertz CT molecular complexity index is 641. The Labute approximate surface area is 146 Å². The van der Waals surface area contributed by atoms with Crippen molar-refractivity contribution in [3.8, 4) is 5.75 Å². The van der Waals surface area contributed by atoms with Crippen LogP contribution in [0.25, 0.3) is 0 Å². The topological polar surface area (TPSA) is 62.8 Å². The molecule has 0 bridgehead atoms. The van der Waals surface area contributed by atoms with E-state index >= 15 is 0 Å². The quantitative estimate of drug-likeness (QED) is 0.802. The Morgan fingerprint density at radius 1 is 1.33 bits per heavy atom. The first-order valence-corrected chi connectivity index (χ1v) is 8.28. The second-order valence-electron chi connectivity index (χ2n) is 5.79. The fourth-order valence-electron chi connectivity index (χ4n) is 3.04. The number of carbonyl (C=O) groups is 1. The molecule has 128 valence electrons. The maximum atomic E-state index is 13.0. The lowest BCUT2D eigenvalue weighted by atomic mass is 9.87. The van der Waals surface area contributed by atoms with Crippen LogP contribution in [0.2, 0.25) is 0 Å². The van der Waals surface area contributed by atoms with Gasteiger partial charge >= 0.3 is 0 Å². The molecule has 0 radical (unpaired) electrons. The first kappa shape index (κ1) is 16.7. The zero-order chi connectivity index (χ0) is 17.1. The summed E-state index contributed by atoms with van der Waals surface area (Å²) in [6.45, 7) is 6.36. The van der Waals surface area contributed by atoms with Gasteiger partial charge in [0, 0.05) is 18.8 Å². The lowest BCUT2D eigenvalue weighted by Gasteiger charge is -2.39. The summed E-state index contributed by atoms with van der Waals surface area (Å²) in [5.74, 6) is 0.375. The van der Waals surface area contributed by atoms with Gasteiger partial charge in [0.15, 0.2) is 5.11 Å². The summed E-state index contributed by atoms with van der Waals surface area (Å²) in [7, 11) is 1.62. The summed E-state index contributed by atoms with van der Waals surface area (Å²) in [6.07, 6.45) is 0. The van der Waals surface area contributed by atoms with Gasteiger partial charge < -0.3 is 25.0 Å². The van der Waals surface area contributed by atoms with Crippen LogP contribution in [0.1, 0.15) is 11.6 Å². The van der Waals surface area contributed by atoms with Crippen molar-refractivity contribution in [1.82, 2.24) is 15.5 Å². The van der Waals surface area contributed by atoms with Crippen LogP contribution in [0.4, 0.5) is 0 Å². The van der Waals surface area contributed by atoms with Crippen molar-refractivity contribution in [3.05, 3.63) is 42.1 Å². The molecule has 2 heterocycles. The van der Waals surface area contributed by atoms with E-state index in [1.165, 1.54) is 0 Å². The van der Waals surface area contributed by atoms with Crippen LogP contribution < -0.4 is 15.4 Å². The van der Waals surface area contributed by atoms with Crippen molar-refractivity contribution in [2.24, 2.45) is 5.92 Å². The van der Waals surface area contributed by atoms with Crippen LogP contribution >= 0.6 is 12.2 Å². The summed E-state index contributed by atoms with van der Waals surface area (Å²) in [5, 5.41) is 6.68. The Hall–Kier alpha value is -2.12. The fraction of sp³-hybridized carbons (Fsp3) is 0.412. The van der Waals surface area contributed by atoms with Crippen molar-refractivity contribution in [1.29, 1.82) is 0 Å². The summed E-state index contributed by atoms with van der Waals surface area (Å²) < 4.78 is 10.5. The van der Waals surface area contributed by atoms with E-state index in [0.29, 0.717) is 37.1 Å². The molecule has 0 spiro atoms. The highest BCUT2D eigenvalue weighted by Gasteiger charge is 2.39. The molecular formula is C17H21N3O3S. The summed E-state index contributed by atoms with van der Waals surface area (Å²) >= 11 is 5.25. The molecule has 7 heteroatoms. The molecule has 2 aliphatic rings. The number of amides is 1. The highest BCUT2D eigenvalue weighted by Crippen LogP contribution is 2.32. The average molecular weight is 347 g/mol. The van der Waals surface area contributed by atoms with E-state index in [1.807, 2.05) is 29.2 Å². The number of nitrogens with one attached hydrogen (secondary N) is 2. The number of thiocarbonyl (C=S) groups is 1. The number of hydrogen-bond donors (Lipinski definition) is 2. The number of morpholine rings is 1. The van der Waals surface area contributed by atoms with Gasteiger partial charge in [-0.05, 0) is 29.9 Å². The molecule has 0 aliphatic carbocycles. The molecule has 24 heavy (non-hydrogen) atoms. The van der Waals surface area contributed by atoms with Gasteiger partial charge in [-0.15, -0.1) is 0 Å². The number of methoxy groups -OCH3 is 1. The Morgan fingerprint density at radius 3 is 2.62 bits per heavy atom. The van der Waals surface area contributed by atoms with Gasteiger partial charge in [0.1, 0.15) is 11.7 Å². The molecule has 2 saturated heterocycles. The molecular weight excluding hydrogens is 326 g/mol. The maximum absolute atomic E-state index is 13.0. The normalized spacial score (nSPS) is 24.1. The van der Waals surface area contributed by atoms with Gasteiger partial charge in [0.05, 0.1) is 26.4 Å². The van der Waals surface area contributed by atoms with Crippen molar-refractivity contribution in [3.63, 3.8) is 0 Å². The minimum Gasteiger partial charge on any atom is -0.497 e. The van der Waals surface area contributed by atoms with E-state index in [0.717, 1.165) is 11.3 Å². The van der Waals surface area contributed by atoms with E-state index in [-0.39, 0.29) is 11.9 Å². The standard InChI is InChI=1S/C17H21N3O3S/c1-11-14(16(21)20-7-9-23-10-8-20)15(19-17(24)18-11)12-3-5-13(22-2)6-4-12/h3-6,14-15H,1,7-10H2,2H3,(H2,18,19,24)/t14-,15+/m1/s1. The zero-order valence-electron chi connectivity index (χ0n) is 13.6. The number of rotatable bonds is 3. The lowest BCUT2D eigenvalue weighted by Crippen LogP contribution is -2.55. The number of hydrogen-bond acceptors (Lipinski definition) is 4. The molecule has 1 aromatic carbocycles. The van der Waals surface area contributed by atoms with E-state index in [1.54, 1.807) is 7.11 Å². The van der Waals surface area contributed by atoms with Crippen molar-refractivity contribution < 1.29 is 14.3 Å². The minimum atomic E-state index is -0.428. The largest absolute Gasteiger partial charge is 0.497 e. The summed E-state index contributed by atoms with van der Waals surface area (Å²) in [5.41, 5.74) is 1.59. The molecule has 0 aromatic heterocycles. The molecule has 2 N–H and O–H groups in total. The zero-order valence-corrected chi connectivity index (χ0v) is 14.4. The van der Waals surface area contributed by atoms with E-state index < -0.39 is 5.92 Å². The SMILES string of the molecule is C=C1NC(=S)N[C@@H](c2ccc(OC)cc2)[C@@H]1C(=O)N1CCOCC1. The predicted octanol–water partition coefficient (Wildman–Crippen LogP) is 1.20. The first-order valence-electron chi connectivity index (χ1n) is 7.87. The van der Waals surface area contributed by atoms with Gasteiger partial charge in [0.25, 0.3) is 0 Å². The van der Waals surface area contributed by atoms with Crippen LogP contribution in [0.15, 0.2) is 36.5 Å². The molecule has 1 amide bonds. The van der Waals surface area contributed by atoms with Gasteiger partial charge in [-0.3, -0.25) is 4.79 Å². The van der Waals surface area contributed by atoms with Crippen LogP contribution in [0.5, 0.6) is 5.75 Å². The van der Waals surface area contributed by atoms with Crippen molar-refractivity contribution in [2.75, 3.05) is 33.4 Å². The smallest absolute Gasteiger partial charge is 0.234 e. The monoisotopic (exact) mass is 347 g/mol. The van der Waals surface area contributed by atoms with Crippen LogP contribution in [0.3, 0.4) is 0 Å². The molecule has 0 saturated carbocycles. The Balaban J connectivity index is 1.88. The van der Waals surface area contributed by atoms with Crippen LogP contribution in [-0.2, 0) is 9.53 Å². The van der Waals surface area contributed by atoms with Crippen molar-refractivity contribution >= 4 is 23.2 Å². The second kappa shape index (κ2) is 7.19. The molecule has 1 aromatic rings. The predicted molar refractivity (Wildman–Crippen MR) is 94.6 cm³/mol. The van der Waals surface area contributed by atoms with Gasteiger partial charge in [0.2, 0.25) is 5.91 Å². The fourth-order valence-corrected chi connectivity index (χ4v) is 3.30. The molecule has 0 unspecified atom stereocenters. The van der Waals surface area contributed by atoms with E-state index in [2.05, 4.69) is 17.2 Å². The number of ether oxygens (including phenoxy) is 2. The third-order valence-corrected chi connectivity index (χ3v) is 4.55. The number of carbonyl (C=O) groups excluding carboxylic acids is 1. The number of nitrogens with zero attached hydrogens (tertiary/aromatic N) is 1. The Morgan fingerprint density at radius 2 is 2.00 bits per heavy atom. The summed E-state index contributed by atoms with van der Waals surface area (Å²) in [6, 6.07) is 7.38. The second-order valence-corrected chi connectivity index (χ2v) is 6.20. The maximum Gasteiger partial charge on any atom is 0.234 e. The average Bonchev–Trinajstić information content (AvgIpc) is 2.61. The van der Waals surface area contributed by atoms with Crippen LogP contribution in [-0.4, -0.2) is 49.3 Å². The van der Waals surface area contributed by atoms with Gasteiger partial charge in [-0.1, -0.05) is 18.7 Å². The third kappa shape index (κ3) is 3.37. The van der Waals surface area contributed by atoms with Crippen molar-refractivity contribution in [2.45, 2.75) is 6.04 Å². The lowest BCUT2D eigenvalue weighted by molar-refractivity contribution is -0.139. The molecule has 2 fully saturated rings. The highest BCUT2D eigenvalue weighted by molar-refractivity contribution is 7.80. The first-order chi connectivity index (χ1) is 11.6. The molecule has 6 nitrogen and oxygen atoms in total. The Kier molecular flexibility index (Phi) is 5.01. The van der Waals surface area contributed by atoms with Crippen LogP contribution in [0, 0.1) is 5.92 Å². The highest BCUT2D eigenvalue weighted by atomic mass is 32.1. The van der Waals surface area contributed by atoms with E-state index in [4.69, 9.17) is 21.7 Å². The summed E-state index contributed by atoms with van der Waals surface area (Å²) in [4.78, 5) is 14.9. The minimum absolute atomic E-state index is 0.0339.